The summed E-state index contributed by atoms with van der Waals surface area (Å²) < 4.78 is 9.36. The number of aromatic nitrogens is 4. The quantitative estimate of drug-likeness (QED) is 0.163. The Morgan fingerprint density at radius 1 is 0.371 bits per heavy atom. The molecule has 0 amide bonds. The molecule has 7 aromatic carbocycles. The Morgan fingerprint density at radius 2 is 0.839 bits per heavy atom. The van der Waals surface area contributed by atoms with Crippen molar-refractivity contribution in [1.29, 1.82) is 0 Å². The second kappa shape index (κ2) is 14.8. The molecular weight excluding hydrogens is 742 g/mol. The molecule has 0 aliphatic carbocycles. The van der Waals surface area contributed by atoms with E-state index in [1.165, 1.54) is 98.5 Å². The molecule has 0 atom stereocenters. The lowest BCUT2D eigenvalue weighted by Crippen LogP contribution is -2.56. The lowest BCUT2D eigenvalue weighted by Gasteiger charge is -2.25. The van der Waals surface area contributed by atoms with Gasteiger partial charge in [-0.3, -0.25) is 0 Å². The molecule has 5 nitrogen and oxygen atoms in total. The maximum absolute atomic E-state index is 6.83. The number of hydrogen-bond donors (Lipinski definition) is 0. The van der Waals surface area contributed by atoms with Crippen molar-refractivity contribution >= 4 is 203 Å². The van der Waals surface area contributed by atoms with Gasteiger partial charge in [0, 0.05) is 55.6 Å². The number of rotatable bonds is 5. The van der Waals surface area contributed by atoms with Gasteiger partial charge in [-0.25, -0.2) is 15.0 Å². The molecule has 0 N–H and O–H groups in total. The highest BCUT2D eigenvalue weighted by atomic mass is 16.3. The maximum atomic E-state index is 6.83. The van der Waals surface area contributed by atoms with Crippen LogP contribution in [0.5, 0.6) is 0 Å². The first-order valence-electron chi connectivity index (χ1n) is 21.7. The fourth-order valence-electron chi connectivity index (χ4n) is 10.3. The van der Waals surface area contributed by atoms with Crippen LogP contribution >= 0.6 is 0 Å². The van der Waals surface area contributed by atoms with E-state index in [0.29, 0.717) is 17.5 Å². The average Bonchev–Trinajstić information content (AvgIpc) is 3.86. The molecule has 0 saturated carbocycles. The van der Waals surface area contributed by atoms with Crippen LogP contribution in [0.1, 0.15) is 0 Å². The SMILES string of the molecule is Bc1c(B)c(B)c(-c2c(B)c(B)c3c(c2B)c2c(B)c(B)c(B)c(B)c2n3-c2ccc3c(c2)oc2cccc(-c4nc(-c5ccccc5)nc(-c5ccccc5)n4)c23)c(B)c1B. The Hall–Kier alpha value is -6.07. The summed E-state index contributed by atoms with van der Waals surface area (Å²) in [6.45, 7) is 0. The highest BCUT2D eigenvalue weighted by molar-refractivity contribution is 6.72. The Morgan fingerprint density at radius 3 is 1.44 bits per heavy atom. The predicted molar refractivity (Wildman–Crippen MR) is 301 cm³/mol. The standard InChI is InChI=1S/C45H40B12N4O/c46-29-25(26-30(47)34(51)37(54)35(52)31(26)48)32(49)39(56)41-27(29)28-33(50)36(53)38(55)40(57)42(28)61(41)19-14-15-20-23(16-19)62-22-13-7-12-21(24(20)22)45-59-43(17-8-3-1-4-9-17)58-44(60-45)18-10-5-2-6-11-18/h1-16H,46-57H2. The summed E-state index contributed by atoms with van der Waals surface area (Å²) in [6.07, 6.45) is 0. The molecule has 62 heavy (non-hydrogen) atoms. The van der Waals surface area contributed by atoms with Crippen LogP contribution in [0.2, 0.25) is 0 Å². The van der Waals surface area contributed by atoms with E-state index in [2.05, 4.69) is 123 Å². The molecule has 3 heterocycles. The smallest absolute Gasteiger partial charge is 0.164 e. The normalized spacial score (nSPS) is 11.7. The van der Waals surface area contributed by atoms with Gasteiger partial charge in [0.15, 0.2) is 17.5 Å². The van der Waals surface area contributed by atoms with Gasteiger partial charge >= 0.3 is 0 Å². The molecule has 0 saturated heterocycles. The van der Waals surface area contributed by atoms with Gasteiger partial charge in [-0.1, -0.05) is 116 Å². The first-order valence-corrected chi connectivity index (χ1v) is 21.7. The van der Waals surface area contributed by atoms with Crippen LogP contribution in [0.4, 0.5) is 0 Å². The summed E-state index contributed by atoms with van der Waals surface area (Å²) >= 11 is 0. The van der Waals surface area contributed by atoms with Crippen LogP contribution in [-0.2, 0) is 0 Å². The highest BCUT2D eigenvalue weighted by Crippen LogP contribution is 2.38. The van der Waals surface area contributed by atoms with Crippen LogP contribution < -0.4 is 65.6 Å². The molecule has 0 unspecified atom stereocenters. The molecule has 17 heteroatoms. The van der Waals surface area contributed by atoms with Crippen LogP contribution in [0, 0.1) is 0 Å². The zero-order chi connectivity index (χ0) is 43.5. The largest absolute Gasteiger partial charge is 0.456 e. The molecule has 0 fully saturated rings. The van der Waals surface area contributed by atoms with E-state index < -0.39 is 0 Å². The minimum absolute atomic E-state index is 0.608. The predicted octanol–water partition coefficient (Wildman–Crippen LogP) is -9.36. The monoisotopic (exact) mass is 784 g/mol. The van der Waals surface area contributed by atoms with Crippen molar-refractivity contribution in [3.05, 3.63) is 97.1 Å². The summed E-state index contributed by atoms with van der Waals surface area (Å²) in [5, 5.41) is 4.68. The summed E-state index contributed by atoms with van der Waals surface area (Å²) in [5.41, 5.74) is 26.9. The lowest BCUT2D eigenvalue weighted by atomic mass is 9.57. The molecule has 0 spiro atoms. The average molecular weight is 783 g/mol. The van der Waals surface area contributed by atoms with Crippen molar-refractivity contribution in [3.63, 3.8) is 0 Å². The minimum atomic E-state index is 0.608. The van der Waals surface area contributed by atoms with Crippen molar-refractivity contribution in [1.82, 2.24) is 19.5 Å². The fraction of sp³-hybridized carbons (Fsp3) is 0. The molecule has 0 aliphatic heterocycles. The topological polar surface area (TPSA) is 56.7 Å². The van der Waals surface area contributed by atoms with Gasteiger partial charge in [0.2, 0.25) is 0 Å². The Labute approximate surface area is 373 Å². The van der Waals surface area contributed by atoms with Gasteiger partial charge in [0.05, 0.1) is 0 Å². The summed E-state index contributed by atoms with van der Waals surface area (Å²) in [7, 11) is 27.7. The number of furan rings is 1. The van der Waals surface area contributed by atoms with Crippen LogP contribution in [-0.4, -0.2) is 114 Å². The van der Waals surface area contributed by atoms with Crippen LogP contribution in [0.15, 0.2) is 101 Å². The molecular formula is C45H40B12N4O. The van der Waals surface area contributed by atoms with Crippen molar-refractivity contribution < 1.29 is 4.42 Å². The number of nitrogens with zero attached hydrogens (tertiary/aromatic N) is 4. The Kier molecular flexibility index (Phi) is 9.55. The van der Waals surface area contributed by atoms with Gasteiger partial charge in [-0.05, 0) is 34.7 Å². The molecule has 0 radical (unpaired) electrons. The maximum Gasteiger partial charge on any atom is 0.164 e. The number of benzene rings is 7. The third kappa shape index (κ3) is 5.83. The van der Waals surface area contributed by atoms with E-state index >= 15 is 0 Å². The van der Waals surface area contributed by atoms with Crippen LogP contribution in [0.3, 0.4) is 0 Å². The molecule has 3 aromatic heterocycles. The fourth-order valence-corrected chi connectivity index (χ4v) is 10.3. The second-order valence-electron chi connectivity index (χ2n) is 17.5. The van der Waals surface area contributed by atoms with Crippen molar-refractivity contribution in [2.24, 2.45) is 0 Å². The summed E-state index contributed by atoms with van der Waals surface area (Å²) in [5.74, 6) is 1.87. The molecule has 10 aromatic rings. The zero-order valence-electron chi connectivity index (χ0n) is 37.9. The van der Waals surface area contributed by atoms with Crippen LogP contribution in [0.25, 0.3) is 94.7 Å². The molecule has 0 aliphatic rings. The first kappa shape index (κ1) is 40.0. The molecule has 0 bridgehead atoms. The van der Waals surface area contributed by atoms with E-state index in [-0.39, 0.29) is 0 Å². The Bertz CT molecular complexity index is 3470. The summed E-state index contributed by atoms with van der Waals surface area (Å²) in [6, 6.07) is 33.2. The third-order valence-electron chi connectivity index (χ3n) is 14.6. The molecule has 282 valence electrons. The molecule has 10 rings (SSSR count). The van der Waals surface area contributed by atoms with Gasteiger partial charge < -0.3 is 8.98 Å². The van der Waals surface area contributed by atoms with E-state index in [4.69, 9.17) is 19.4 Å². The van der Waals surface area contributed by atoms with Gasteiger partial charge in [0.25, 0.3) is 0 Å². The van der Waals surface area contributed by atoms with Crippen molar-refractivity contribution in [3.8, 4) is 51.0 Å². The van der Waals surface area contributed by atoms with Gasteiger partial charge in [-0.15, -0.1) is 21.9 Å². The summed E-state index contributed by atoms with van der Waals surface area (Å²) in [4.78, 5) is 15.2. The van der Waals surface area contributed by atoms with E-state index in [1.54, 1.807) is 0 Å². The van der Waals surface area contributed by atoms with E-state index in [0.717, 1.165) is 44.3 Å². The lowest BCUT2D eigenvalue weighted by molar-refractivity contribution is 0.668. The van der Waals surface area contributed by atoms with Gasteiger partial charge in [-0.2, -0.15) is 0 Å². The minimum Gasteiger partial charge on any atom is -0.456 e. The van der Waals surface area contributed by atoms with Gasteiger partial charge in [0.1, 0.15) is 105 Å². The third-order valence-corrected chi connectivity index (χ3v) is 14.6. The zero-order valence-corrected chi connectivity index (χ0v) is 37.9. The van der Waals surface area contributed by atoms with E-state index in [1.807, 2.05) is 72.8 Å². The Balaban J connectivity index is 1.25. The second-order valence-corrected chi connectivity index (χ2v) is 17.5. The van der Waals surface area contributed by atoms with Crippen molar-refractivity contribution in [2.45, 2.75) is 0 Å². The number of hydrogen-bond acceptors (Lipinski definition) is 4. The first-order chi connectivity index (χ1) is 29.8. The van der Waals surface area contributed by atoms with Crippen molar-refractivity contribution in [2.75, 3.05) is 0 Å². The number of fused-ring (bicyclic) bond motifs is 6. The van der Waals surface area contributed by atoms with E-state index in [9.17, 15) is 0 Å². The highest BCUT2D eigenvalue weighted by Gasteiger charge is 2.27.